The summed E-state index contributed by atoms with van der Waals surface area (Å²) in [5.41, 5.74) is 0. The van der Waals surface area contributed by atoms with E-state index in [4.69, 9.17) is 11.6 Å². The van der Waals surface area contributed by atoms with Crippen molar-refractivity contribution >= 4 is 11.6 Å². The maximum Gasteiger partial charge on any atom is 0.212 e. The highest BCUT2D eigenvalue weighted by molar-refractivity contribution is 6.25. The van der Waals surface area contributed by atoms with Crippen LogP contribution in [0.25, 0.3) is 0 Å². The SMILES string of the molecule is FCOC1CC1(F)Cl. The highest BCUT2D eigenvalue weighted by atomic mass is 35.5. The number of hydrogen-bond acceptors (Lipinski definition) is 1. The molecule has 48 valence electrons. The minimum absolute atomic E-state index is 0.110. The molecule has 0 aromatic heterocycles. The van der Waals surface area contributed by atoms with Gasteiger partial charge in [0.2, 0.25) is 5.13 Å². The minimum atomic E-state index is -1.77. The van der Waals surface area contributed by atoms with Gasteiger partial charge in [0.05, 0.1) is 0 Å². The van der Waals surface area contributed by atoms with E-state index >= 15 is 0 Å². The summed E-state index contributed by atoms with van der Waals surface area (Å²) in [7, 11) is 0. The largest absolute Gasteiger partial charge is 0.342 e. The molecule has 4 heteroatoms. The van der Waals surface area contributed by atoms with Gasteiger partial charge in [-0.05, 0) is 0 Å². The van der Waals surface area contributed by atoms with E-state index in [2.05, 4.69) is 4.74 Å². The van der Waals surface area contributed by atoms with Gasteiger partial charge in [-0.25, -0.2) is 8.78 Å². The van der Waals surface area contributed by atoms with E-state index in [1.54, 1.807) is 0 Å². The van der Waals surface area contributed by atoms with Gasteiger partial charge in [0.15, 0.2) is 6.86 Å². The topological polar surface area (TPSA) is 9.23 Å². The summed E-state index contributed by atoms with van der Waals surface area (Å²) in [5, 5.41) is -1.77. The van der Waals surface area contributed by atoms with Gasteiger partial charge in [-0.15, -0.1) is 0 Å². The van der Waals surface area contributed by atoms with E-state index in [1.807, 2.05) is 0 Å². The molecule has 2 unspecified atom stereocenters. The van der Waals surface area contributed by atoms with Gasteiger partial charge in [-0.1, -0.05) is 11.6 Å². The first-order valence-corrected chi connectivity index (χ1v) is 2.60. The first-order valence-electron chi connectivity index (χ1n) is 2.22. The van der Waals surface area contributed by atoms with E-state index in [0.29, 0.717) is 0 Å². The molecule has 0 aromatic carbocycles. The predicted molar refractivity (Wildman–Crippen MR) is 25.2 cm³/mol. The van der Waals surface area contributed by atoms with Crippen molar-refractivity contribution in [1.29, 1.82) is 0 Å². The number of alkyl halides is 3. The molecule has 0 N–H and O–H groups in total. The Hall–Kier alpha value is 0.110. The van der Waals surface area contributed by atoms with E-state index in [-0.39, 0.29) is 6.42 Å². The highest BCUT2D eigenvalue weighted by Crippen LogP contribution is 2.46. The van der Waals surface area contributed by atoms with E-state index in [9.17, 15) is 8.78 Å². The molecule has 0 aromatic rings. The van der Waals surface area contributed by atoms with Crippen molar-refractivity contribution in [3.8, 4) is 0 Å². The fourth-order valence-electron chi connectivity index (χ4n) is 0.445. The third-order valence-electron chi connectivity index (χ3n) is 1.03. The quantitative estimate of drug-likeness (QED) is 0.533. The van der Waals surface area contributed by atoms with Gasteiger partial charge in [-0.2, -0.15) is 0 Å². The molecule has 1 fully saturated rings. The molecule has 0 aliphatic heterocycles. The minimum Gasteiger partial charge on any atom is -0.342 e. The average Bonchev–Trinajstić information content (AvgIpc) is 2.15. The van der Waals surface area contributed by atoms with Crippen LogP contribution in [0.5, 0.6) is 0 Å². The molecule has 0 amide bonds. The van der Waals surface area contributed by atoms with Crippen LogP contribution in [-0.2, 0) is 4.74 Å². The molecule has 2 atom stereocenters. The second-order valence-electron chi connectivity index (χ2n) is 1.73. The lowest BCUT2D eigenvalue weighted by atomic mass is 10.8. The monoisotopic (exact) mass is 142 g/mol. The van der Waals surface area contributed by atoms with Crippen LogP contribution in [0.15, 0.2) is 0 Å². The average molecular weight is 143 g/mol. The third kappa shape index (κ3) is 1.09. The Bertz CT molecular complexity index is 96.0. The number of ether oxygens (including phenoxy) is 1. The molecule has 1 saturated carbocycles. The van der Waals surface area contributed by atoms with Crippen LogP contribution in [0, 0.1) is 0 Å². The van der Waals surface area contributed by atoms with Crippen molar-refractivity contribution in [2.45, 2.75) is 17.7 Å². The lowest BCUT2D eigenvalue weighted by Crippen LogP contribution is -2.01. The van der Waals surface area contributed by atoms with Gasteiger partial charge < -0.3 is 4.74 Å². The number of rotatable bonds is 2. The molecule has 0 bridgehead atoms. The fourth-order valence-corrected chi connectivity index (χ4v) is 0.648. The zero-order valence-electron chi connectivity index (χ0n) is 4.03. The second kappa shape index (κ2) is 1.81. The second-order valence-corrected chi connectivity index (χ2v) is 2.36. The van der Waals surface area contributed by atoms with Gasteiger partial charge >= 0.3 is 0 Å². The highest BCUT2D eigenvalue weighted by Gasteiger charge is 2.55. The van der Waals surface area contributed by atoms with Crippen molar-refractivity contribution in [2.75, 3.05) is 6.86 Å². The first-order chi connectivity index (χ1) is 3.67. The Morgan fingerprint density at radius 1 is 1.88 bits per heavy atom. The van der Waals surface area contributed by atoms with Gasteiger partial charge in [0.1, 0.15) is 6.10 Å². The van der Waals surface area contributed by atoms with Crippen molar-refractivity contribution in [1.82, 2.24) is 0 Å². The smallest absolute Gasteiger partial charge is 0.212 e. The first kappa shape index (κ1) is 6.23. The summed E-state index contributed by atoms with van der Waals surface area (Å²) in [6.45, 7) is -0.955. The summed E-state index contributed by atoms with van der Waals surface area (Å²) < 4.78 is 27.5. The van der Waals surface area contributed by atoms with E-state index in [0.717, 1.165) is 0 Å². The van der Waals surface area contributed by atoms with Crippen LogP contribution in [0.1, 0.15) is 6.42 Å². The third-order valence-corrected chi connectivity index (χ3v) is 1.43. The molecule has 1 nitrogen and oxygen atoms in total. The molecule has 8 heavy (non-hydrogen) atoms. The molecule has 1 rings (SSSR count). The molecule has 0 heterocycles. The number of hydrogen-bond donors (Lipinski definition) is 0. The summed E-state index contributed by atoms with van der Waals surface area (Å²) in [5.74, 6) is 0. The zero-order chi connectivity index (χ0) is 6.20. The van der Waals surface area contributed by atoms with Crippen molar-refractivity contribution < 1.29 is 13.5 Å². The van der Waals surface area contributed by atoms with Gasteiger partial charge in [0.25, 0.3) is 0 Å². The lowest BCUT2D eigenvalue weighted by Gasteiger charge is -1.93. The predicted octanol–water partition coefficient (Wildman–Crippen LogP) is 1.61. The molecule has 0 radical (unpaired) electrons. The molecular weight excluding hydrogens is 137 g/mol. The lowest BCUT2D eigenvalue weighted by molar-refractivity contribution is 0.0298. The van der Waals surface area contributed by atoms with E-state index < -0.39 is 18.1 Å². The Morgan fingerprint density at radius 3 is 2.50 bits per heavy atom. The van der Waals surface area contributed by atoms with Crippen LogP contribution >= 0.6 is 11.6 Å². The maximum atomic E-state index is 12.1. The van der Waals surface area contributed by atoms with Crippen LogP contribution in [0.4, 0.5) is 8.78 Å². The van der Waals surface area contributed by atoms with Crippen molar-refractivity contribution in [3.05, 3.63) is 0 Å². The van der Waals surface area contributed by atoms with Crippen LogP contribution in [-0.4, -0.2) is 18.1 Å². The van der Waals surface area contributed by atoms with Gasteiger partial charge in [-0.3, -0.25) is 0 Å². The molecule has 1 aliphatic rings. The summed E-state index contributed by atoms with van der Waals surface area (Å²) in [6.07, 6.45) is -0.604. The summed E-state index contributed by atoms with van der Waals surface area (Å²) in [4.78, 5) is 0. The standard InChI is InChI=1S/C4H5ClF2O/c5-4(7)1-3(4)8-2-6/h3H,1-2H2. The zero-order valence-corrected chi connectivity index (χ0v) is 4.79. The van der Waals surface area contributed by atoms with Crippen LogP contribution in [0.2, 0.25) is 0 Å². The Balaban J connectivity index is 2.17. The summed E-state index contributed by atoms with van der Waals surface area (Å²) in [6, 6.07) is 0. The van der Waals surface area contributed by atoms with Crippen LogP contribution < -0.4 is 0 Å². The number of halogens is 3. The molecular formula is C4H5ClF2O. The fraction of sp³-hybridized carbons (Fsp3) is 1.00. The molecule has 0 spiro atoms. The normalized spacial score (nSPS) is 44.6. The molecule has 0 saturated heterocycles. The summed E-state index contributed by atoms with van der Waals surface area (Å²) >= 11 is 5.03. The molecule has 1 aliphatic carbocycles. The van der Waals surface area contributed by atoms with Crippen molar-refractivity contribution in [2.24, 2.45) is 0 Å². The maximum absolute atomic E-state index is 12.1. The Morgan fingerprint density at radius 2 is 2.38 bits per heavy atom. The Kier molecular flexibility index (Phi) is 1.41. The Labute approximate surface area is 50.6 Å². The van der Waals surface area contributed by atoms with Crippen LogP contribution in [0.3, 0.4) is 0 Å². The van der Waals surface area contributed by atoms with Gasteiger partial charge in [0, 0.05) is 6.42 Å². The van der Waals surface area contributed by atoms with Crippen molar-refractivity contribution in [3.63, 3.8) is 0 Å². The van der Waals surface area contributed by atoms with E-state index in [1.165, 1.54) is 0 Å².